The van der Waals surface area contributed by atoms with E-state index in [2.05, 4.69) is 35.9 Å². The van der Waals surface area contributed by atoms with E-state index in [9.17, 15) is 4.79 Å². The van der Waals surface area contributed by atoms with E-state index in [1.165, 1.54) is 49.7 Å². The van der Waals surface area contributed by atoms with Gasteiger partial charge in [0, 0.05) is 25.7 Å². The first-order chi connectivity index (χ1) is 14.4. The van der Waals surface area contributed by atoms with Gasteiger partial charge in [-0.15, -0.1) is 0 Å². The Labute approximate surface area is 181 Å². The Morgan fingerprint density at radius 2 is 2.03 bits per heavy atom. The molecule has 1 aromatic heterocycles. The van der Waals surface area contributed by atoms with Gasteiger partial charge in [0.1, 0.15) is 5.75 Å². The van der Waals surface area contributed by atoms with Crippen LogP contribution in [-0.4, -0.2) is 35.0 Å². The molecule has 0 N–H and O–H groups in total. The van der Waals surface area contributed by atoms with Crippen molar-refractivity contribution in [2.75, 3.05) is 13.2 Å². The third kappa shape index (κ3) is 2.78. The molecule has 0 aromatic carbocycles. The van der Waals surface area contributed by atoms with Gasteiger partial charge in [0.2, 0.25) is 5.91 Å². The minimum Gasteiger partial charge on any atom is -0.492 e. The van der Waals surface area contributed by atoms with Crippen LogP contribution in [0.5, 0.6) is 5.75 Å². The lowest BCUT2D eigenvalue weighted by atomic mass is 9.48. The van der Waals surface area contributed by atoms with Crippen LogP contribution in [0.15, 0.2) is 24.5 Å². The van der Waals surface area contributed by atoms with Gasteiger partial charge in [0.15, 0.2) is 0 Å². The van der Waals surface area contributed by atoms with Crippen molar-refractivity contribution >= 4 is 11.5 Å². The quantitative estimate of drug-likeness (QED) is 0.678. The average Bonchev–Trinajstić information content (AvgIpc) is 3.25. The van der Waals surface area contributed by atoms with Gasteiger partial charge in [-0.25, -0.2) is 0 Å². The summed E-state index contributed by atoms with van der Waals surface area (Å²) in [6.07, 6.45) is 13.7. The number of nitrogens with zero attached hydrogens (tertiary/aromatic N) is 2. The normalized spacial score (nSPS) is 39.7. The smallest absolute Gasteiger partial charge is 0.219 e. The second kappa shape index (κ2) is 7.10. The van der Waals surface area contributed by atoms with E-state index in [1.807, 2.05) is 19.3 Å². The average molecular weight is 409 g/mol. The lowest BCUT2D eigenvalue weighted by Crippen LogP contribution is -2.54. The fraction of sp³-hybridized carbons (Fsp3) is 0.692. The molecule has 0 spiro atoms. The van der Waals surface area contributed by atoms with Crippen LogP contribution >= 0.6 is 0 Å². The molecule has 2 heterocycles. The third-order valence-corrected chi connectivity index (χ3v) is 9.41. The second-order valence-electron chi connectivity index (χ2n) is 10.6. The predicted molar refractivity (Wildman–Crippen MR) is 119 cm³/mol. The predicted octanol–water partition coefficient (Wildman–Crippen LogP) is 5.34. The highest BCUT2D eigenvalue weighted by Crippen LogP contribution is 2.66. The number of hydrogen-bond donors (Lipinski definition) is 0. The number of ether oxygens (including phenoxy) is 1. The summed E-state index contributed by atoms with van der Waals surface area (Å²) in [6.45, 7) is 10.4. The maximum absolute atomic E-state index is 12.2. The largest absolute Gasteiger partial charge is 0.492 e. The Balaban J connectivity index is 1.42. The summed E-state index contributed by atoms with van der Waals surface area (Å²) in [5.41, 5.74) is 3.27. The number of carbonyl (C=O) groups is 1. The van der Waals surface area contributed by atoms with E-state index < -0.39 is 0 Å². The molecule has 1 aliphatic heterocycles. The summed E-state index contributed by atoms with van der Waals surface area (Å²) in [5, 5.41) is 0. The number of carbonyl (C=O) groups excluding carboxylic acids is 1. The SMILES string of the molecule is CCOc1cncc(C2=CCC3C4CCC5N(C(C)=O)CCC5(C)C4CCC23C)c1. The van der Waals surface area contributed by atoms with Crippen LogP contribution in [0, 0.1) is 28.6 Å². The number of hydrogen-bond acceptors (Lipinski definition) is 3. The summed E-state index contributed by atoms with van der Waals surface area (Å²) in [5.74, 6) is 3.38. The van der Waals surface area contributed by atoms with Gasteiger partial charge in [0.25, 0.3) is 0 Å². The van der Waals surface area contributed by atoms with Crippen LogP contribution in [0.3, 0.4) is 0 Å². The van der Waals surface area contributed by atoms with Crippen molar-refractivity contribution < 1.29 is 9.53 Å². The summed E-state index contributed by atoms with van der Waals surface area (Å²) < 4.78 is 5.73. The number of amides is 1. The summed E-state index contributed by atoms with van der Waals surface area (Å²) in [7, 11) is 0. The molecule has 1 aromatic rings. The number of fused-ring (bicyclic) bond motifs is 5. The zero-order valence-corrected chi connectivity index (χ0v) is 19.0. The molecule has 4 heteroatoms. The van der Waals surface area contributed by atoms with E-state index in [0.29, 0.717) is 24.0 Å². The van der Waals surface area contributed by atoms with E-state index in [0.717, 1.165) is 24.1 Å². The van der Waals surface area contributed by atoms with Gasteiger partial charge >= 0.3 is 0 Å². The second-order valence-corrected chi connectivity index (χ2v) is 10.6. The molecule has 5 rings (SSSR count). The van der Waals surface area contributed by atoms with Gasteiger partial charge in [-0.1, -0.05) is 19.9 Å². The third-order valence-electron chi connectivity index (χ3n) is 9.41. The number of likely N-dealkylation sites (tertiary alicyclic amines) is 1. The molecular formula is C26H36N2O2. The Kier molecular flexibility index (Phi) is 4.75. The molecule has 162 valence electrons. The molecule has 6 atom stereocenters. The maximum Gasteiger partial charge on any atom is 0.219 e. The molecule has 30 heavy (non-hydrogen) atoms. The zero-order valence-electron chi connectivity index (χ0n) is 19.0. The molecular weight excluding hydrogens is 372 g/mol. The minimum atomic E-state index is 0.232. The summed E-state index contributed by atoms with van der Waals surface area (Å²) in [4.78, 5) is 18.9. The van der Waals surface area contributed by atoms with Crippen LogP contribution < -0.4 is 4.74 Å². The van der Waals surface area contributed by atoms with Crippen LogP contribution in [-0.2, 0) is 4.79 Å². The molecule has 3 fully saturated rings. The molecule has 0 bridgehead atoms. The van der Waals surface area contributed by atoms with Crippen molar-refractivity contribution in [2.24, 2.45) is 28.6 Å². The number of rotatable bonds is 3. The topological polar surface area (TPSA) is 42.4 Å². The van der Waals surface area contributed by atoms with E-state index >= 15 is 0 Å². The first kappa shape index (κ1) is 20.1. The molecule has 4 nitrogen and oxygen atoms in total. The van der Waals surface area contributed by atoms with Crippen LogP contribution in [0.25, 0.3) is 5.57 Å². The van der Waals surface area contributed by atoms with Crippen LogP contribution in [0.1, 0.15) is 71.8 Å². The standard InChI is InChI=1S/C26H36N2O2/c1-5-30-19-14-18(15-27-16-19)21-7-8-22-20-6-9-24-26(4,12-13-28(24)17(2)29)23(20)10-11-25(21,22)3/h7,14-16,20,22-24H,5-6,8-13H2,1-4H3. The van der Waals surface area contributed by atoms with Crippen LogP contribution in [0.2, 0.25) is 0 Å². The molecule has 4 aliphatic rings. The number of allylic oxidation sites excluding steroid dienone is 2. The van der Waals surface area contributed by atoms with Crippen molar-refractivity contribution in [3.05, 3.63) is 30.1 Å². The Bertz CT molecular complexity index is 880. The summed E-state index contributed by atoms with van der Waals surface area (Å²) in [6, 6.07) is 2.64. The monoisotopic (exact) mass is 408 g/mol. The number of aromatic nitrogens is 1. The summed E-state index contributed by atoms with van der Waals surface area (Å²) >= 11 is 0. The Hall–Kier alpha value is -1.84. The molecule has 2 saturated carbocycles. The fourth-order valence-electron chi connectivity index (χ4n) is 8.02. The number of pyridine rings is 1. The lowest BCUT2D eigenvalue weighted by molar-refractivity contribution is -0.134. The van der Waals surface area contributed by atoms with Gasteiger partial charge in [0.05, 0.1) is 12.8 Å². The van der Waals surface area contributed by atoms with Crippen molar-refractivity contribution in [2.45, 2.75) is 72.3 Å². The van der Waals surface area contributed by atoms with Gasteiger partial charge < -0.3 is 9.64 Å². The van der Waals surface area contributed by atoms with Crippen molar-refractivity contribution in [3.63, 3.8) is 0 Å². The van der Waals surface area contributed by atoms with Crippen molar-refractivity contribution in [1.29, 1.82) is 0 Å². The van der Waals surface area contributed by atoms with Crippen LogP contribution in [0.4, 0.5) is 0 Å². The zero-order chi connectivity index (χ0) is 21.1. The first-order valence-electron chi connectivity index (χ1n) is 11.9. The van der Waals surface area contributed by atoms with E-state index in [4.69, 9.17) is 4.74 Å². The van der Waals surface area contributed by atoms with Crippen molar-refractivity contribution in [3.8, 4) is 5.75 Å². The highest BCUT2D eigenvalue weighted by atomic mass is 16.5. The Morgan fingerprint density at radius 3 is 2.80 bits per heavy atom. The lowest BCUT2D eigenvalue weighted by Gasteiger charge is -2.57. The van der Waals surface area contributed by atoms with Gasteiger partial charge in [-0.05, 0) is 91.2 Å². The highest BCUT2D eigenvalue weighted by molar-refractivity contribution is 5.74. The minimum absolute atomic E-state index is 0.232. The van der Waals surface area contributed by atoms with Crippen molar-refractivity contribution in [1.82, 2.24) is 9.88 Å². The molecule has 1 saturated heterocycles. The van der Waals surface area contributed by atoms with E-state index in [1.54, 1.807) is 6.92 Å². The Morgan fingerprint density at radius 1 is 1.20 bits per heavy atom. The highest BCUT2D eigenvalue weighted by Gasteiger charge is 2.60. The fourth-order valence-corrected chi connectivity index (χ4v) is 8.02. The molecule has 6 unspecified atom stereocenters. The molecule has 1 amide bonds. The van der Waals surface area contributed by atoms with Gasteiger partial charge in [-0.3, -0.25) is 9.78 Å². The molecule has 3 aliphatic carbocycles. The molecule has 0 radical (unpaired) electrons. The van der Waals surface area contributed by atoms with E-state index in [-0.39, 0.29) is 11.3 Å². The maximum atomic E-state index is 12.2. The van der Waals surface area contributed by atoms with Gasteiger partial charge in [-0.2, -0.15) is 0 Å². The first-order valence-corrected chi connectivity index (χ1v) is 11.9.